The van der Waals surface area contributed by atoms with E-state index < -0.39 is 12.1 Å². The van der Waals surface area contributed by atoms with Gasteiger partial charge in [-0.25, -0.2) is 0 Å². The second-order valence-corrected chi connectivity index (χ2v) is 27.0. The van der Waals surface area contributed by atoms with Gasteiger partial charge in [0.1, 0.15) is 0 Å². The predicted molar refractivity (Wildman–Crippen MR) is 375 cm³/mol. The normalized spacial score (nSPS) is 12.6. The predicted octanol–water partition coefficient (Wildman–Crippen LogP) is 25.7. The van der Waals surface area contributed by atoms with Crippen LogP contribution in [0.25, 0.3) is 0 Å². The van der Waals surface area contributed by atoms with Crippen molar-refractivity contribution in [3.8, 4) is 0 Å². The molecule has 0 radical (unpaired) electrons. The number of esters is 1. The summed E-state index contributed by atoms with van der Waals surface area (Å²) in [6.07, 6.45) is 95.6. The molecule has 504 valence electrons. The van der Waals surface area contributed by atoms with Crippen molar-refractivity contribution in [2.75, 3.05) is 13.2 Å². The second-order valence-electron chi connectivity index (χ2n) is 27.0. The number of ether oxygens (including phenoxy) is 1. The molecule has 0 aromatic carbocycles. The lowest BCUT2D eigenvalue weighted by Crippen LogP contribution is -2.45. The van der Waals surface area contributed by atoms with Crippen molar-refractivity contribution in [2.24, 2.45) is 0 Å². The zero-order valence-corrected chi connectivity index (χ0v) is 57.9. The highest BCUT2D eigenvalue weighted by molar-refractivity contribution is 5.76. The maximum absolute atomic E-state index is 12.5. The van der Waals surface area contributed by atoms with Gasteiger partial charge in [-0.1, -0.05) is 398 Å². The number of nitrogens with one attached hydrogen (secondary N) is 1. The van der Waals surface area contributed by atoms with Crippen LogP contribution in [0.4, 0.5) is 0 Å². The molecule has 0 fully saturated rings. The summed E-state index contributed by atoms with van der Waals surface area (Å²) < 4.78 is 5.51. The van der Waals surface area contributed by atoms with E-state index in [-0.39, 0.29) is 18.5 Å². The van der Waals surface area contributed by atoms with Crippen molar-refractivity contribution in [3.63, 3.8) is 0 Å². The Kier molecular flexibility index (Phi) is 73.3. The molecule has 2 unspecified atom stereocenters. The molecule has 0 saturated carbocycles. The zero-order chi connectivity index (χ0) is 61.3. The summed E-state index contributed by atoms with van der Waals surface area (Å²) in [6, 6.07) is -0.539. The fourth-order valence-electron chi connectivity index (χ4n) is 12.6. The van der Waals surface area contributed by atoms with Gasteiger partial charge in [-0.15, -0.1) is 0 Å². The van der Waals surface area contributed by atoms with Gasteiger partial charge in [-0.2, -0.15) is 0 Å². The topological polar surface area (TPSA) is 95.9 Å². The van der Waals surface area contributed by atoms with Gasteiger partial charge in [0.15, 0.2) is 0 Å². The van der Waals surface area contributed by atoms with Crippen LogP contribution in [0, 0.1) is 0 Å². The Morgan fingerprint density at radius 3 is 0.894 bits per heavy atom. The molecule has 0 aromatic rings. The van der Waals surface area contributed by atoms with Crippen LogP contribution in [0.2, 0.25) is 0 Å². The molecular weight excluding hydrogens is 1040 g/mol. The van der Waals surface area contributed by atoms with Gasteiger partial charge >= 0.3 is 5.97 Å². The fraction of sp³-hybridized carbons (Fsp3) is 0.924. The molecule has 6 nitrogen and oxygen atoms in total. The minimum Gasteiger partial charge on any atom is -0.466 e. The third-order valence-electron chi connectivity index (χ3n) is 18.5. The Balaban J connectivity index is 3.34. The number of unbranched alkanes of at least 4 members (excludes halogenated alkanes) is 59. The number of hydrogen-bond acceptors (Lipinski definition) is 5. The number of allylic oxidation sites excluding steroid dienone is 4. The quantitative estimate of drug-likeness (QED) is 0.0320. The van der Waals surface area contributed by atoms with Crippen LogP contribution < -0.4 is 5.32 Å². The van der Waals surface area contributed by atoms with Gasteiger partial charge in [0, 0.05) is 12.8 Å². The highest BCUT2D eigenvalue weighted by atomic mass is 16.5. The zero-order valence-electron chi connectivity index (χ0n) is 57.9. The van der Waals surface area contributed by atoms with Gasteiger partial charge in [-0.3, -0.25) is 9.59 Å². The van der Waals surface area contributed by atoms with Crippen molar-refractivity contribution in [3.05, 3.63) is 24.3 Å². The molecule has 0 aliphatic rings. The van der Waals surface area contributed by atoms with E-state index in [1.165, 1.54) is 366 Å². The molecule has 0 aliphatic carbocycles. The Labute approximate surface area is 532 Å². The molecular formula is C79H153NO5. The SMILES string of the molecule is CCCCCCCCCCCCCCCCCCC(=O)OCCCCCCCCCCCCCCC/C=C\C/C=C\CCCCCCCCCCCCCCCCCCCC(=O)NC(CO)C(O)CCCCCCCCCCCCCCCCC. The summed E-state index contributed by atoms with van der Waals surface area (Å²) in [7, 11) is 0. The highest BCUT2D eigenvalue weighted by Crippen LogP contribution is 2.20. The first-order valence-corrected chi connectivity index (χ1v) is 39.1. The Hall–Kier alpha value is -1.66. The second kappa shape index (κ2) is 74.8. The number of carbonyl (C=O) groups is 2. The first kappa shape index (κ1) is 83.3. The van der Waals surface area contributed by atoms with Crippen LogP contribution in [0.15, 0.2) is 24.3 Å². The number of aliphatic hydroxyl groups is 2. The van der Waals surface area contributed by atoms with Gasteiger partial charge in [0.25, 0.3) is 0 Å². The molecule has 0 aromatic heterocycles. The van der Waals surface area contributed by atoms with Crippen molar-refractivity contribution < 1.29 is 24.5 Å². The summed E-state index contributed by atoms with van der Waals surface area (Å²) >= 11 is 0. The van der Waals surface area contributed by atoms with E-state index in [9.17, 15) is 19.8 Å². The van der Waals surface area contributed by atoms with Crippen LogP contribution in [-0.4, -0.2) is 47.4 Å². The summed E-state index contributed by atoms with van der Waals surface area (Å²) in [4.78, 5) is 24.6. The third-order valence-corrected chi connectivity index (χ3v) is 18.5. The number of amides is 1. The minimum atomic E-state index is -0.662. The lowest BCUT2D eigenvalue weighted by Gasteiger charge is -2.22. The Morgan fingerprint density at radius 1 is 0.329 bits per heavy atom. The average molecular weight is 1200 g/mol. The molecule has 0 spiro atoms. The smallest absolute Gasteiger partial charge is 0.305 e. The monoisotopic (exact) mass is 1200 g/mol. The van der Waals surface area contributed by atoms with E-state index in [1.54, 1.807) is 0 Å². The van der Waals surface area contributed by atoms with Crippen molar-refractivity contribution in [2.45, 2.75) is 456 Å². The van der Waals surface area contributed by atoms with E-state index >= 15 is 0 Å². The Bertz CT molecular complexity index is 1330. The molecule has 6 heteroatoms. The molecule has 0 aliphatic heterocycles. The van der Waals surface area contributed by atoms with E-state index in [4.69, 9.17) is 4.74 Å². The average Bonchev–Trinajstić information content (AvgIpc) is 3.52. The van der Waals surface area contributed by atoms with E-state index in [1.807, 2.05) is 0 Å². The number of rotatable bonds is 74. The summed E-state index contributed by atoms with van der Waals surface area (Å²) in [6.45, 7) is 5.00. The molecule has 3 N–H and O–H groups in total. The number of carbonyl (C=O) groups excluding carboxylic acids is 2. The van der Waals surface area contributed by atoms with Crippen molar-refractivity contribution >= 4 is 11.9 Å². The summed E-state index contributed by atoms with van der Waals surface area (Å²) in [5.74, 6) is -0.00566. The maximum atomic E-state index is 12.5. The van der Waals surface area contributed by atoms with Gasteiger partial charge in [0.05, 0.1) is 25.4 Å². The van der Waals surface area contributed by atoms with Gasteiger partial charge in [-0.05, 0) is 57.8 Å². The molecule has 0 heterocycles. The molecule has 0 saturated heterocycles. The van der Waals surface area contributed by atoms with E-state index in [2.05, 4.69) is 43.5 Å². The van der Waals surface area contributed by atoms with Crippen LogP contribution >= 0.6 is 0 Å². The highest BCUT2D eigenvalue weighted by Gasteiger charge is 2.20. The standard InChI is InChI=1S/C79H153NO5/c1-3-5-7-9-11-13-15-17-19-45-49-53-57-61-65-69-73-79(84)85-74-70-66-62-58-54-50-46-42-40-38-36-34-32-30-28-26-24-22-20-21-23-25-27-29-31-33-35-37-39-41-44-48-52-56-60-64-68-72-78(83)80-76(75-81)77(82)71-67-63-59-55-51-47-43-18-16-14-12-10-8-6-4-2/h20,22,26,28,76-77,81-82H,3-19,21,23-25,27,29-75H2,1-2H3,(H,80,83)/b22-20-,28-26-. The molecule has 2 atom stereocenters. The Morgan fingerprint density at radius 2 is 0.588 bits per heavy atom. The molecule has 85 heavy (non-hydrogen) atoms. The number of hydrogen-bond donors (Lipinski definition) is 3. The first-order valence-electron chi connectivity index (χ1n) is 39.1. The summed E-state index contributed by atoms with van der Waals surface area (Å²) in [5, 5.41) is 23.4. The van der Waals surface area contributed by atoms with Crippen LogP contribution in [0.3, 0.4) is 0 Å². The van der Waals surface area contributed by atoms with Gasteiger partial charge < -0.3 is 20.3 Å². The van der Waals surface area contributed by atoms with E-state index in [0.29, 0.717) is 25.9 Å². The lowest BCUT2D eigenvalue weighted by molar-refractivity contribution is -0.143. The van der Waals surface area contributed by atoms with E-state index in [0.717, 1.165) is 44.9 Å². The minimum absolute atomic E-state index is 0.0231. The maximum Gasteiger partial charge on any atom is 0.305 e. The third kappa shape index (κ3) is 71.3. The first-order chi connectivity index (χ1) is 42.0. The van der Waals surface area contributed by atoms with Crippen LogP contribution in [0.1, 0.15) is 444 Å². The van der Waals surface area contributed by atoms with Gasteiger partial charge in [0.2, 0.25) is 5.91 Å². The molecule has 1 amide bonds. The number of aliphatic hydroxyl groups excluding tert-OH is 2. The molecule has 0 rings (SSSR count). The lowest BCUT2D eigenvalue weighted by atomic mass is 10.0. The van der Waals surface area contributed by atoms with Crippen LogP contribution in [0.5, 0.6) is 0 Å². The van der Waals surface area contributed by atoms with Crippen molar-refractivity contribution in [1.82, 2.24) is 5.32 Å². The largest absolute Gasteiger partial charge is 0.466 e. The van der Waals surface area contributed by atoms with Crippen molar-refractivity contribution in [1.29, 1.82) is 0 Å². The van der Waals surface area contributed by atoms with Crippen LogP contribution in [-0.2, 0) is 14.3 Å². The fourth-order valence-corrected chi connectivity index (χ4v) is 12.6. The summed E-state index contributed by atoms with van der Waals surface area (Å²) in [5.41, 5.74) is 0. The molecule has 0 bridgehead atoms.